The third kappa shape index (κ3) is 3.88. The Labute approximate surface area is 143 Å². The van der Waals surface area contributed by atoms with Crippen molar-refractivity contribution in [3.05, 3.63) is 48.4 Å². The zero-order valence-electron chi connectivity index (χ0n) is 15.0. The molecule has 2 aromatic rings. The molecule has 1 aromatic heterocycles. The van der Waals surface area contributed by atoms with Crippen LogP contribution in [0.4, 0.5) is 0 Å². The Morgan fingerprint density at radius 2 is 1.75 bits per heavy atom. The number of benzene rings is 1. The topological polar surface area (TPSA) is 40.6 Å². The average Bonchev–Trinajstić information content (AvgIpc) is 2.64. The van der Waals surface area contributed by atoms with Gasteiger partial charge in [-0.1, -0.05) is 26.8 Å². The molecule has 1 aliphatic carbocycles. The molecule has 1 atom stereocenters. The van der Waals surface area contributed by atoms with Crippen LogP contribution >= 0.6 is 0 Å². The Morgan fingerprint density at radius 3 is 2.38 bits per heavy atom. The first-order chi connectivity index (χ1) is 11.7. The van der Waals surface area contributed by atoms with Crippen LogP contribution in [-0.2, 0) is 0 Å². The van der Waals surface area contributed by atoms with Gasteiger partial charge in [0.2, 0.25) is 0 Å². The number of nitrogens with zero attached hydrogens (tertiary/aromatic N) is 1. The molecule has 0 radical (unpaired) electrons. The minimum atomic E-state index is 0.561. The van der Waals surface area contributed by atoms with Crippen molar-refractivity contribution in [3.63, 3.8) is 0 Å². The third-order valence-electron chi connectivity index (χ3n) is 3.71. The second-order valence-corrected chi connectivity index (χ2v) is 5.31. The first-order valence-electron chi connectivity index (χ1n) is 8.28. The molecule has 0 aliphatic heterocycles. The Kier molecular flexibility index (Phi) is 6.24. The fourth-order valence-corrected chi connectivity index (χ4v) is 2.45. The normalized spacial score (nSPS) is 16.0. The van der Waals surface area contributed by atoms with E-state index in [0.29, 0.717) is 17.4 Å². The highest BCUT2D eigenvalue weighted by Gasteiger charge is 2.12. The molecule has 3 rings (SSSR count). The summed E-state index contributed by atoms with van der Waals surface area (Å²) in [5.41, 5.74) is 0.809. The van der Waals surface area contributed by atoms with Crippen LogP contribution in [0.3, 0.4) is 0 Å². The predicted octanol–water partition coefficient (Wildman–Crippen LogP) is 5.14. The van der Waals surface area contributed by atoms with Gasteiger partial charge in [0.05, 0.1) is 19.7 Å². The van der Waals surface area contributed by atoms with Gasteiger partial charge in [0.1, 0.15) is 11.5 Å². The SMILES string of the molecule is CC.COc1cc2nccc(OC3=CCC(C)C=C3)c2cc1OC. The zero-order chi connectivity index (χ0) is 17.5. The van der Waals surface area contributed by atoms with Crippen molar-refractivity contribution in [1.82, 2.24) is 4.98 Å². The zero-order valence-corrected chi connectivity index (χ0v) is 15.0. The number of aromatic nitrogens is 1. The average molecular weight is 327 g/mol. The molecule has 1 unspecified atom stereocenters. The number of ether oxygens (including phenoxy) is 3. The molecule has 1 heterocycles. The summed E-state index contributed by atoms with van der Waals surface area (Å²) in [5, 5.41) is 0.896. The molecule has 0 saturated heterocycles. The van der Waals surface area contributed by atoms with Gasteiger partial charge in [0.25, 0.3) is 0 Å². The highest BCUT2D eigenvalue weighted by molar-refractivity contribution is 5.88. The van der Waals surface area contributed by atoms with Gasteiger partial charge in [-0.15, -0.1) is 0 Å². The summed E-state index contributed by atoms with van der Waals surface area (Å²) in [4.78, 5) is 4.38. The lowest BCUT2D eigenvalue weighted by atomic mass is 10.0. The van der Waals surface area contributed by atoms with Crippen LogP contribution in [-0.4, -0.2) is 19.2 Å². The van der Waals surface area contributed by atoms with Gasteiger partial charge in [-0.25, -0.2) is 0 Å². The van der Waals surface area contributed by atoms with Crippen LogP contribution in [0.5, 0.6) is 17.2 Å². The Morgan fingerprint density at radius 1 is 1.04 bits per heavy atom. The van der Waals surface area contributed by atoms with Gasteiger partial charge < -0.3 is 14.2 Å². The van der Waals surface area contributed by atoms with E-state index in [2.05, 4.69) is 24.1 Å². The van der Waals surface area contributed by atoms with Gasteiger partial charge >= 0.3 is 0 Å². The number of allylic oxidation sites excluding steroid dienone is 3. The molecule has 128 valence electrons. The fourth-order valence-electron chi connectivity index (χ4n) is 2.45. The van der Waals surface area contributed by atoms with Crippen LogP contribution in [0.1, 0.15) is 27.2 Å². The molecular formula is C20H25NO3. The standard InChI is InChI=1S/C18H19NO3.C2H6/c1-12-4-6-13(7-5-12)22-16-8-9-19-15-11-18(21-3)17(20-2)10-14(15)16;1-2/h4,6-12H,5H2,1-3H3;1-2H3. The largest absolute Gasteiger partial charge is 0.493 e. The lowest BCUT2D eigenvalue weighted by Crippen LogP contribution is -2.01. The molecule has 0 fully saturated rings. The number of methoxy groups -OCH3 is 2. The lowest BCUT2D eigenvalue weighted by Gasteiger charge is -2.15. The first-order valence-corrected chi connectivity index (χ1v) is 8.28. The Hall–Kier alpha value is -2.49. The summed E-state index contributed by atoms with van der Waals surface area (Å²) in [6.07, 6.45) is 9.01. The molecule has 0 bridgehead atoms. The predicted molar refractivity (Wildman–Crippen MR) is 97.8 cm³/mol. The summed E-state index contributed by atoms with van der Waals surface area (Å²) < 4.78 is 16.7. The molecule has 0 amide bonds. The van der Waals surface area contributed by atoms with E-state index < -0.39 is 0 Å². The van der Waals surface area contributed by atoms with Crippen LogP contribution in [0, 0.1) is 5.92 Å². The number of hydrogen-bond donors (Lipinski definition) is 0. The molecule has 1 aromatic carbocycles. The Balaban J connectivity index is 0.00000100. The molecule has 0 N–H and O–H groups in total. The van der Waals surface area contributed by atoms with Gasteiger partial charge in [-0.2, -0.15) is 0 Å². The molecular weight excluding hydrogens is 302 g/mol. The third-order valence-corrected chi connectivity index (χ3v) is 3.71. The summed E-state index contributed by atoms with van der Waals surface area (Å²) in [6.45, 7) is 6.18. The van der Waals surface area contributed by atoms with Gasteiger partial charge in [-0.05, 0) is 36.6 Å². The summed E-state index contributed by atoms with van der Waals surface area (Å²) in [5.74, 6) is 3.50. The molecule has 0 spiro atoms. The van der Waals surface area contributed by atoms with Crippen molar-refractivity contribution in [3.8, 4) is 17.2 Å². The summed E-state index contributed by atoms with van der Waals surface area (Å²) >= 11 is 0. The van der Waals surface area contributed by atoms with Crippen molar-refractivity contribution >= 4 is 10.9 Å². The van der Waals surface area contributed by atoms with E-state index >= 15 is 0 Å². The lowest BCUT2D eigenvalue weighted by molar-refractivity contribution is 0.355. The van der Waals surface area contributed by atoms with E-state index in [1.54, 1.807) is 20.4 Å². The number of fused-ring (bicyclic) bond motifs is 1. The van der Waals surface area contributed by atoms with Crippen molar-refractivity contribution < 1.29 is 14.2 Å². The number of hydrogen-bond acceptors (Lipinski definition) is 4. The maximum Gasteiger partial charge on any atom is 0.162 e. The van der Waals surface area contributed by atoms with E-state index in [1.165, 1.54) is 0 Å². The van der Waals surface area contributed by atoms with Crippen LogP contribution in [0.25, 0.3) is 10.9 Å². The van der Waals surface area contributed by atoms with E-state index in [9.17, 15) is 0 Å². The van der Waals surface area contributed by atoms with Gasteiger partial charge in [0, 0.05) is 17.6 Å². The molecule has 4 nitrogen and oxygen atoms in total. The smallest absolute Gasteiger partial charge is 0.162 e. The minimum Gasteiger partial charge on any atom is -0.493 e. The second kappa shape index (κ2) is 8.39. The summed E-state index contributed by atoms with van der Waals surface area (Å²) in [6, 6.07) is 5.61. The monoisotopic (exact) mass is 327 g/mol. The van der Waals surface area contributed by atoms with Crippen molar-refractivity contribution in [2.75, 3.05) is 14.2 Å². The van der Waals surface area contributed by atoms with Crippen LogP contribution in [0.2, 0.25) is 0 Å². The minimum absolute atomic E-state index is 0.561. The molecule has 0 saturated carbocycles. The summed E-state index contributed by atoms with van der Waals surface area (Å²) in [7, 11) is 3.23. The van der Waals surface area contributed by atoms with Crippen molar-refractivity contribution in [2.24, 2.45) is 5.92 Å². The van der Waals surface area contributed by atoms with E-state index in [-0.39, 0.29) is 0 Å². The van der Waals surface area contributed by atoms with Crippen molar-refractivity contribution in [1.29, 1.82) is 0 Å². The van der Waals surface area contributed by atoms with Gasteiger partial charge in [0.15, 0.2) is 11.5 Å². The molecule has 1 aliphatic rings. The maximum absolute atomic E-state index is 6.03. The van der Waals surface area contributed by atoms with Crippen molar-refractivity contribution in [2.45, 2.75) is 27.2 Å². The van der Waals surface area contributed by atoms with Gasteiger partial charge in [-0.3, -0.25) is 4.98 Å². The first kappa shape index (κ1) is 17.9. The highest BCUT2D eigenvalue weighted by Crippen LogP contribution is 2.36. The second-order valence-electron chi connectivity index (χ2n) is 5.31. The molecule has 4 heteroatoms. The van der Waals surface area contributed by atoms with Crippen LogP contribution < -0.4 is 14.2 Å². The number of rotatable bonds is 4. The number of pyridine rings is 1. The van der Waals surface area contributed by atoms with E-state index in [4.69, 9.17) is 14.2 Å². The Bertz CT molecular complexity index is 750. The van der Waals surface area contributed by atoms with E-state index in [0.717, 1.165) is 28.8 Å². The fraction of sp³-hybridized carbons (Fsp3) is 0.350. The van der Waals surface area contributed by atoms with E-state index in [1.807, 2.05) is 38.1 Å². The highest BCUT2D eigenvalue weighted by atomic mass is 16.5. The van der Waals surface area contributed by atoms with Crippen LogP contribution in [0.15, 0.2) is 48.4 Å². The molecule has 24 heavy (non-hydrogen) atoms. The quantitative estimate of drug-likeness (QED) is 0.780. The maximum atomic E-state index is 6.03.